The van der Waals surface area contributed by atoms with Crippen LogP contribution in [-0.2, 0) is 11.2 Å². The number of hydrogen-bond acceptors (Lipinski definition) is 4. The van der Waals surface area contributed by atoms with Crippen molar-refractivity contribution in [2.45, 2.75) is 6.42 Å². The van der Waals surface area contributed by atoms with Gasteiger partial charge in [0.2, 0.25) is 5.91 Å². The standard InChI is InChI=1S/C15H21N3O4/c1-21-12-4-3-11(13(10-12)22-2)9-14(19)16-5-7-18-8-6-17-15(18)20/h3-4,10H,5-9H2,1-2H3,(H,16,19)(H,17,20). The first-order chi connectivity index (χ1) is 10.6. The molecule has 0 atom stereocenters. The summed E-state index contributed by atoms with van der Waals surface area (Å²) in [4.78, 5) is 25.0. The highest BCUT2D eigenvalue weighted by molar-refractivity contribution is 5.79. The Labute approximate surface area is 129 Å². The summed E-state index contributed by atoms with van der Waals surface area (Å²) in [5.74, 6) is 1.19. The molecular formula is C15H21N3O4. The average molecular weight is 307 g/mol. The van der Waals surface area contributed by atoms with Crippen molar-refractivity contribution < 1.29 is 19.1 Å². The molecule has 120 valence electrons. The van der Waals surface area contributed by atoms with Gasteiger partial charge in [0, 0.05) is 37.8 Å². The van der Waals surface area contributed by atoms with Gasteiger partial charge in [-0.25, -0.2) is 4.79 Å². The van der Waals surface area contributed by atoms with Crippen molar-refractivity contribution in [3.8, 4) is 11.5 Å². The number of benzene rings is 1. The maximum absolute atomic E-state index is 12.0. The van der Waals surface area contributed by atoms with Crippen LogP contribution in [0.5, 0.6) is 11.5 Å². The number of ether oxygens (including phenoxy) is 2. The van der Waals surface area contributed by atoms with E-state index in [0.29, 0.717) is 37.7 Å². The van der Waals surface area contributed by atoms with E-state index in [2.05, 4.69) is 10.6 Å². The number of amides is 3. The number of nitrogens with zero attached hydrogens (tertiary/aromatic N) is 1. The Balaban J connectivity index is 1.82. The summed E-state index contributed by atoms with van der Waals surface area (Å²) in [6.07, 6.45) is 0.222. The van der Waals surface area contributed by atoms with E-state index >= 15 is 0 Å². The largest absolute Gasteiger partial charge is 0.497 e. The Hall–Kier alpha value is -2.44. The van der Waals surface area contributed by atoms with E-state index in [9.17, 15) is 9.59 Å². The topological polar surface area (TPSA) is 79.9 Å². The Morgan fingerprint density at radius 3 is 2.82 bits per heavy atom. The minimum atomic E-state index is -0.108. The van der Waals surface area contributed by atoms with Gasteiger partial charge < -0.3 is 25.0 Å². The lowest BCUT2D eigenvalue weighted by atomic mass is 10.1. The third kappa shape index (κ3) is 4.03. The van der Waals surface area contributed by atoms with Crippen LogP contribution in [0.25, 0.3) is 0 Å². The number of hydrogen-bond donors (Lipinski definition) is 2. The molecule has 1 aromatic rings. The number of rotatable bonds is 7. The van der Waals surface area contributed by atoms with E-state index in [4.69, 9.17) is 9.47 Å². The molecule has 0 radical (unpaired) electrons. The van der Waals surface area contributed by atoms with Gasteiger partial charge in [0.05, 0.1) is 20.6 Å². The highest BCUT2D eigenvalue weighted by atomic mass is 16.5. The molecule has 1 heterocycles. The lowest BCUT2D eigenvalue weighted by molar-refractivity contribution is -0.120. The van der Waals surface area contributed by atoms with Crippen LogP contribution in [0, 0.1) is 0 Å². The van der Waals surface area contributed by atoms with Crippen molar-refractivity contribution >= 4 is 11.9 Å². The summed E-state index contributed by atoms with van der Waals surface area (Å²) < 4.78 is 10.4. The summed E-state index contributed by atoms with van der Waals surface area (Å²) in [7, 11) is 3.14. The summed E-state index contributed by atoms with van der Waals surface area (Å²) in [6.45, 7) is 2.29. The van der Waals surface area contributed by atoms with Crippen LogP contribution in [0.15, 0.2) is 18.2 Å². The second-order valence-electron chi connectivity index (χ2n) is 4.92. The second kappa shape index (κ2) is 7.53. The molecule has 7 heteroatoms. The first-order valence-electron chi connectivity index (χ1n) is 7.14. The molecule has 0 bridgehead atoms. The van der Waals surface area contributed by atoms with Gasteiger partial charge >= 0.3 is 6.03 Å². The molecule has 1 aromatic carbocycles. The van der Waals surface area contributed by atoms with Gasteiger partial charge in [0.15, 0.2) is 0 Å². The third-order valence-corrected chi connectivity index (χ3v) is 3.49. The van der Waals surface area contributed by atoms with Crippen LogP contribution >= 0.6 is 0 Å². The Kier molecular flexibility index (Phi) is 5.46. The van der Waals surface area contributed by atoms with Gasteiger partial charge in [-0.2, -0.15) is 0 Å². The quantitative estimate of drug-likeness (QED) is 0.763. The van der Waals surface area contributed by atoms with Gasteiger partial charge in [-0.05, 0) is 6.07 Å². The first-order valence-corrected chi connectivity index (χ1v) is 7.14. The Morgan fingerprint density at radius 1 is 1.36 bits per heavy atom. The van der Waals surface area contributed by atoms with Gasteiger partial charge in [-0.1, -0.05) is 6.07 Å². The minimum Gasteiger partial charge on any atom is -0.497 e. The predicted molar refractivity (Wildman–Crippen MR) is 81.2 cm³/mol. The predicted octanol–water partition coefficient (Wildman–Crippen LogP) is 0.388. The van der Waals surface area contributed by atoms with E-state index in [1.54, 1.807) is 31.3 Å². The van der Waals surface area contributed by atoms with Crippen LogP contribution in [0.2, 0.25) is 0 Å². The maximum Gasteiger partial charge on any atom is 0.317 e. The van der Waals surface area contributed by atoms with Crippen molar-refractivity contribution in [1.29, 1.82) is 0 Å². The smallest absolute Gasteiger partial charge is 0.317 e. The molecule has 22 heavy (non-hydrogen) atoms. The van der Waals surface area contributed by atoms with E-state index in [1.165, 1.54) is 0 Å². The molecule has 3 amide bonds. The zero-order valence-corrected chi connectivity index (χ0v) is 12.8. The molecule has 2 rings (SSSR count). The summed E-state index contributed by atoms with van der Waals surface area (Å²) in [5.41, 5.74) is 0.791. The second-order valence-corrected chi connectivity index (χ2v) is 4.92. The molecule has 0 aromatic heterocycles. The number of nitrogens with one attached hydrogen (secondary N) is 2. The molecule has 2 N–H and O–H groups in total. The number of carbonyl (C=O) groups is 2. The van der Waals surface area contributed by atoms with E-state index in [0.717, 1.165) is 5.56 Å². The molecule has 1 fully saturated rings. The zero-order chi connectivity index (χ0) is 15.9. The normalized spacial score (nSPS) is 13.7. The molecule has 1 saturated heterocycles. The number of carbonyl (C=O) groups excluding carboxylic acids is 2. The van der Waals surface area contributed by atoms with Crippen LogP contribution in [0.3, 0.4) is 0 Å². The monoisotopic (exact) mass is 307 g/mol. The highest BCUT2D eigenvalue weighted by Crippen LogP contribution is 2.24. The molecule has 1 aliphatic rings. The van der Waals surface area contributed by atoms with Crippen LogP contribution < -0.4 is 20.1 Å². The van der Waals surface area contributed by atoms with Gasteiger partial charge in [0.25, 0.3) is 0 Å². The summed E-state index contributed by atoms with van der Waals surface area (Å²) in [6, 6.07) is 5.27. The molecular weight excluding hydrogens is 286 g/mol. The lowest BCUT2D eigenvalue weighted by Crippen LogP contribution is -2.37. The van der Waals surface area contributed by atoms with Crippen LogP contribution in [-0.4, -0.2) is 57.2 Å². The zero-order valence-electron chi connectivity index (χ0n) is 12.8. The first kappa shape index (κ1) is 15.9. The van der Waals surface area contributed by atoms with E-state index < -0.39 is 0 Å². The van der Waals surface area contributed by atoms with Crippen molar-refractivity contribution in [1.82, 2.24) is 15.5 Å². The Bertz CT molecular complexity index is 548. The molecule has 7 nitrogen and oxygen atoms in total. The number of methoxy groups -OCH3 is 2. The molecule has 0 spiro atoms. The van der Waals surface area contributed by atoms with Gasteiger partial charge in [0.1, 0.15) is 11.5 Å². The van der Waals surface area contributed by atoms with Crippen molar-refractivity contribution in [2.24, 2.45) is 0 Å². The van der Waals surface area contributed by atoms with Crippen LogP contribution in [0.4, 0.5) is 4.79 Å². The fourth-order valence-electron chi connectivity index (χ4n) is 2.29. The fraction of sp³-hybridized carbons (Fsp3) is 0.467. The van der Waals surface area contributed by atoms with E-state index in [-0.39, 0.29) is 18.4 Å². The minimum absolute atomic E-state index is 0.0777. The van der Waals surface area contributed by atoms with Crippen molar-refractivity contribution in [3.63, 3.8) is 0 Å². The molecule has 0 unspecified atom stereocenters. The van der Waals surface area contributed by atoms with Crippen molar-refractivity contribution in [3.05, 3.63) is 23.8 Å². The summed E-state index contributed by atoms with van der Waals surface area (Å²) in [5, 5.41) is 5.53. The maximum atomic E-state index is 12.0. The Morgan fingerprint density at radius 2 is 2.18 bits per heavy atom. The third-order valence-electron chi connectivity index (χ3n) is 3.49. The average Bonchev–Trinajstić information content (AvgIpc) is 2.93. The lowest BCUT2D eigenvalue weighted by Gasteiger charge is -2.15. The molecule has 0 aliphatic carbocycles. The molecule has 1 aliphatic heterocycles. The van der Waals surface area contributed by atoms with Crippen molar-refractivity contribution in [2.75, 3.05) is 40.4 Å². The van der Waals surface area contributed by atoms with Crippen LogP contribution in [0.1, 0.15) is 5.56 Å². The SMILES string of the molecule is COc1ccc(CC(=O)NCCN2CCNC2=O)c(OC)c1. The number of urea groups is 1. The van der Waals surface area contributed by atoms with E-state index in [1.807, 2.05) is 6.07 Å². The fourth-order valence-corrected chi connectivity index (χ4v) is 2.29. The molecule has 0 saturated carbocycles. The summed E-state index contributed by atoms with van der Waals surface area (Å²) >= 11 is 0. The van der Waals surface area contributed by atoms with Gasteiger partial charge in [-0.15, -0.1) is 0 Å². The highest BCUT2D eigenvalue weighted by Gasteiger charge is 2.18. The van der Waals surface area contributed by atoms with Gasteiger partial charge in [-0.3, -0.25) is 4.79 Å².